The fourth-order valence-electron chi connectivity index (χ4n) is 3.47. The number of ether oxygens (including phenoxy) is 1. The van der Waals surface area contributed by atoms with Crippen molar-refractivity contribution in [3.63, 3.8) is 0 Å². The number of nitrogens with one attached hydrogen (secondary N) is 1. The number of hydrogen-bond donors (Lipinski definition) is 2. The number of aromatic hydroxyl groups is 1. The number of aromatic amines is 1. The van der Waals surface area contributed by atoms with Gasteiger partial charge in [-0.05, 0) is 47.5 Å². The van der Waals surface area contributed by atoms with Crippen LogP contribution in [0.15, 0.2) is 54.6 Å². The highest BCUT2D eigenvalue weighted by atomic mass is 35.5. The summed E-state index contributed by atoms with van der Waals surface area (Å²) in [5.74, 6) is -0.911. The molecule has 0 unspecified atom stereocenters. The number of aromatic nitrogens is 2. The predicted octanol–water partition coefficient (Wildman–Crippen LogP) is 9.03. The first kappa shape index (κ1) is 27.0. The standard InChI is InChI=1S/C24H13Cl3F6N2O2/c25-13-4-1-11(2-5-13)10-37-22-17(27)8-14(18-9-19(35-34-18)24(31,32)33)21(36)20(22)12-3-6-16(26)15(7-12)23(28,29)30/h1-9,36H,10H2,(H,34,35). The van der Waals surface area contributed by atoms with E-state index in [1.807, 2.05) is 5.10 Å². The molecule has 4 aromatic rings. The Kier molecular flexibility index (Phi) is 7.29. The molecular weight excluding hydrogens is 569 g/mol. The van der Waals surface area contributed by atoms with Crippen LogP contribution >= 0.6 is 34.8 Å². The number of hydrogen-bond acceptors (Lipinski definition) is 3. The molecule has 4 nitrogen and oxygen atoms in total. The van der Waals surface area contributed by atoms with Gasteiger partial charge >= 0.3 is 12.4 Å². The van der Waals surface area contributed by atoms with Crippen LogP contribution in [0.2, 0.25) is 15.1 Å². The molecule has 1 heterocycles. The molecule has 3 aromatic carbocycles. The monoisotopic (exact) mass is 580 g/mol. The van der Waals surface area contributed by atoms with Gasteiger partial charge in [-0.15, -0.1) is 0 Å². The van der Waals surface area contributed by atoms with E-state index in [0.717, 1.165) is 12.1 Å². The van der Waals surface area contributed by atoms with Crippen molar-refractivity contribution < 1.29 is 36.2 Å². The molecule has 2 N–H and O–H groups in total. The van der Waals surface area contributed by atoms with E-state index in [9.17, 15) is 31.4 Å². The first-order chi connectivity index (χ1) is 17.3. The Labute approximate surface area is 220 Å². The van der Waals surface area contributed by atoms with Crippen molar-refractivity contribution in [1.29, 1.82) is 0 Å². The van der Waals surface area contributed by atoms with Crippen LogP contribution < -0.4 is 4.74 Å². The number of benzene rings is 3. The van der Waals surface area contributed by atoms with Crippen LogP contribution in [0.25, 0.3) is 22.4 Å². The van der Waals surface area contributed by atoms with Crippen molar-refractivity contribution in [2.45, 2.75) is 19.0 Å². The fourth-order valence-corrected chi connectivity index (χ4v) is 4.07. The lowest BCUT2D eigenvalue weighted by Gasteiger charge is -2.19. The maximum Gasteiger partial charge on any atom is 0.432 e. The van der Waals surface area contributed by atoms with Crippen molar-refractivity contribution in [2.24, 2.45) is 0 Å². The third-order valence-corrected chi connectivity index (χ3v) is 6.09. The van der Waals surface area contributed by atoms with E-state index in [1.54, 1.807) is 24.3 Å². The van der Waals surface area contributed by atoms with Crippen LogP contribution in [0.1, 0.15) is 16.8 Å². The lowest BCUT2D eigenvalue weighted by molar-refractivity contribution is -0.141. The van der Waals surface area contributed by atoms with E-state index < -0.39 is 34.4 Å². The van der Waals surface area contributed by atoms with Crippen LogP contribution in [0.5, 0.6) is 11.5 Å². The zero-order chi connectivity index (χ0) is 27.1. The number of rotatable bonds is 5. The molecule has 1 aromatic heterocycles. The SMILES string of the molecule is Oc1c(-c2cc(C(F)(F)F)[nH]n2)cc(Cl)c(OCc2ccc(Cl)cc2)c1-c1ccc(Cl)c(C(F)(F)F)c1. The van der Waals surface area contributed by atoms with Gasteiger partial charge in [0.2, 0.25) is 0 Å². The number of phenols is 1. The van der Waals surface area contributed by atoms with E-state index in [2.05, 4.69) is 5.10 Å². The molecule has 4 rings (SSSR count). The van der Waals surface area contributed by atoms with Gasteiger partial charge in [-0.2, -0.15) is 31.4 Å². The van der Waals surface area contributed by atoms with Crippen molar-refractivity contribution in [1.82, 2.24) is 10.2 Å². The largest absolute Gasteiger partial charge is 0.506 e. The summed E-state index contributed by atoms with van der Waals surface area (Å²) in [4.78, 5) is 0. The van der Waals surface area contributed by atoms with Crippen molar-refractivity contribution in [2.75, 3.05) is 0 Å². The van der Waals surface area contributed by atoms with Gasteiger partial charge < -0.3 is 9.84 Å². The number of H-pyrrole nitrogens is 1. The highest BCUT2D eigenvalue weighted by molar-refractivity contribution is 6.33. The van der Waals surface area contributed by atoms with Gasteiger partial charge in [0.25, 0.3) is 0 Å². The summed E-state index contributed by atoms with van der Waals surface area (Å²) in [7, 11) is 0. The van der Waals surface area contributed by atoms with Gasteiger partial charge in [-0.25, -0.2) is 0 Å². The second kappa shape index (κ2) is 10.00. The Morgan fingerprint density at radius 3 is 2.11 bits per heavy atom. The lowest BCUT2D eigenvalue weighted by atomic mass is 9.96. The molecule has 0 fully saturated rings. The molecule has 194 valence electrons. The summed E-state index contributed by atoms with van der Waals surface area (Å²) < 4.78 is 85.7. The molecule has 0 bridgehead atoms. The number of halogens is 9. The van der Waals surface area contributed by atoms with Gasteiger partial charge in [0.15, 0.2) is 0 Å². The Morgan fingerprint density at radius 1 is 0.838 bits per heavy atom. The molecule has 37 heavy (non-hydrogen) atoms. The molecule has 0 aliphatic heterocycles. The number of nitrogens with zero attached hydrogens (tertiary/aromatic N) is 1. The van der Waals surface area contributed by atoms with E-state index in [-0.39, 0.29) is 39.8 Å². The lowest BCUT2D eigenvalue weighted by Crippen LogP contribution is -2.06. The van der Waals surface area contributed by atoms with Crippen molar-refractivity contribution in [3.8, 4) is 33.9 Å². The molecule has 0 saturated heterocycles. The molecule has 0 spiro atoms. The van der Waals surface area contributed by atoms with Gasteiger partial charge in [-0.3, -0.25) is 5.10 Å². The second-order valence-electron chi connectivity index (χ2n) is 7.73. The third-order valence-electron chi connectivity index (χ3n) is 5.22. The van der Waals surface area contributed by atoms with Crippen LogP contribution in [-0.4, -0.2) is 15.3 Å². The Bertz CT molecular complexity index is 1450. The molecular formula is C24H13Cl3F6N2O2. The first-order valence-corrected chi connectivity index (χ1v) is 11.3. The summed E-state index contributed by atoms with van der Waals surface area (Å²) in [5, 5.41) is 16.2. The zero-order valence-corrected chi connectivity index (χ0v) is 20.4. The normalized spacial score (nSPS) is 12.1. The fraction of sp³-hybridized carbons (Fsp3) is 0.125. The Hall–Kier alpha value is -3.08. The minimum Gasteiger partial charge on any atom is -0.506 e. The summed E-state index contributed by atoms with van der Waals surface area (Å²) >= 11 is 18.0. The van der Waals surface area contributed by atoms with Gasteiger partial charge in [0.05, 0.1) is 26.9 Å². The molecule has 13 heteroatoms. The first-order valence-electron chi connectivity index (χ1n) is 10.2. The van der Waals surface area contributed by atoms with E-state index in [4.69, 9.17) is 39.5 Å². The van der Waals surface area contributed by atoms with Crippen LogP contribution in [-0.2, 0) is 19.0 Å². The molecule has 0 aliphatic carbocycles. The van der Waals surface area contributed by atoms with Crippen molar-refractivity contribution in [3.05, 3.63) is 86.5 Å². The van der Waals surface area contributed by atoms with E-state index in [0.29, 0.717) is 22.7 Å². The Balaban J connectivity index is 1.89. The molecule has 0 aliphatic rings. The summed E-state index contributed by atoms with van der Waals surface area (Å²) in [6, 6.07) is 11.0. The minimum atomic E-state index is -4.84. The summed E-state index contributed by atoms with van der Waals surface area (Å²) in [6.07, 6.45) is -9.59. The maximum absolute atomic E-state index is 13.5. The maximum atomic E-state index is 13.5. The van der Waals surface area contributed by atoms with Crippen LogP contribution in [0, 0.1) is 0 Å². The number of phenolic OH excluding ortho intramolecular Hbond substituents is 1. The van der Waals surface area contributed by atoms with Crippen LogP contribution in [0.4, 0.5) is 26.3 Å². The van der Waals surface area contributed by atoms with Gasteiger partial charge in [0, 0.05) is 10.6 Å². The van der Waals surface area contributed by atoms with Crippen LogP contribution in [0.3, 0.4) is 0 Å². The third kappa shape index (κ3) is 5.76. The smallest absolute Gasteiger partial charge is 0.432 e. The van der Waals surface area contributed by atoms with E-state index in [1.165, 1.54) is 6.07 Å². The minimum absolute atomic E-state index is 0.122. The zero-order valence-electron chi connectivity index (χ0n) is 18.1. The van der Waals surface area contributed by atoms with Gasteiger partial charge in [0.1, 0.15) is 23.8 Å². The Morgan fingerprint density at radius 2 is 1.51 bits per heavy atom. The average Bonchev–Trinajstić information content (AvgIpc) is 3.31. The molecule has 0 atom stereocenters. The number of alkyl halides is 6. The topological polar surface area (TPSA) is 58.1 Å². The van der Waals surface area contributed by atoms with Gasteiger partial charge in [-0.1, -0.05) is 53.0 Å². The summed E-state index contributed by atoms with van der Waals surface area (Å²) in [5.41, 5.74) is -2.89. The average molecular weight is 582 g/mol. The quantitative estimate of drug-likeness (QED) is 0.231. The van der Waals surface area contributed by atoms with E-state index >= 15 is 0 Å². The predicted molar refractivity (Wildman–Crippen MR) is 127 cm³/mol. The van der Waals surface area contributed by atoms with Crippen molar-refractivity contribution >= 4 is 34.8 Å². The highest BCUT2D eigenvalue weighted by Crippen LogP contribution is 2.50. The highest BCUT2D eigenvalue weighted by Gasteiger charge is 2.35. The molecule has 0 amide bonds. The second-order valence-corrected chi connectivity index (χ2v) is 8.98. The summed E-state index contributed by atoms with van der Waals surface area (Å²) in [6.45, 7) is -0.122. The molecule has 0 saturated carbocycles. The molecule has 0 radical (unpaired) electrons.